The lowest BCUT2D eigenvalue weighted by Gasteiger charge is -2.09. The topological polar surface area (TPSA) is 92.9 Å². The van der Waals surface area contributed by atoms with Crippen molar-refractivity contribution >= 4 is 11.6 Å². The molecule has 6 heteroatoms. The van der Waals surface area contributed by atoms with Gasteiger partial charge in [0.1, 0.15) is 0 Å². The van der Waals surface area contributed by atoms with Gasteiger partial charge in [-0.15, -0.1) is 0 Å². The second kappa shape index (κ2) is 5.92. The zero-order valence-corrected chi connectivity index (χ0v) is 10.6. The number of nitrogens with one attached hydrogen (secondary N) is 2. The van der Waals surface area contributed by atoms with Crippen molar-refractivity contribution in [1.82, 2.24) is 15.3 Å². The van der Waals surface area contributed by atoms with Gasteiger partial charge < -0.3 is 10.7 Å². The highest BCUT2D eigenvalue weighted by Crippen LogP contribution is 2.11. The molecular formula is C13H15N5O. The Bertz CT molecular complexity index is 585. The Morgan fingerprint density at radius 3 is 2.95 bits per heavy atom. The van der Waals surface area contributed by atoms with E-state index in [1.807, 2.05) is 19.1 Å². The summed E-state index contributed by atoms with van der Waals surface area (Å²) in [6, 6.07) is 5.42. The van der Waals surface area contributed by atoms with Crippen LogP contribution in [0.5, 0.6) is 0 Å². The summed E-state index contributed by atoms with van der Waals surface area (Å²) >= 11 is 0. The summed E-state index contributed by atoms with van der Waals surface area (Å²) in [5, 5.41) is 2.81. The number of anilines is 1. The third-order valence-electron chi connectivity index (χ3n) is 2.76. The summed E-state index contributed by atoms with van der Waals surface area (Å²) < 4.78 is 0. The van der Waals surface area contributed by atoms with E-state index in [4.69, 9.17) is 5.84 Å². The van der Waals surface area contributed by atoms with Gasteiger partial charge in [-0.1, -0.05) is 6.07 Å². The molecule has 0 aliphatic carbocycles. The summed E-state index contributed by atoms with van der Waals surface area (Å²) in [4.78, 5) is 20.2. The largest absolute Gasteiger partial charge is 0.346 e. The van der Waals surface area contributed by atoms with Crippen LogP contribution in [-0.2, 0) is 6.54 Å². The lowest BCUT2D eigenvalue weighted by molar-refractivity contribution is 0.0951. The zero-order valence-electron chi connectivity index (χ0n) is 10.6. The Labute approximate surface area is 111 Å². The first-order valence-electron chi connectivity index (χ1n) is 5.81. The Morgan fingerprint density at radius 2 is 2.21 bits per heavy atom. The number of carbonyl (C=O) groups is 1. The monoisotopic (exact) mass is 257 g/mol. The number of nitrogen functional groups attached to an aromatic ring is 1. The predicted octanol–water partition coefficient (Wildman–Crippen LogP) is 1.00. The van der Waals surface area contributed by atoms with Crippen LogP contribution in [0.15, 0.2) is 36.8 Å². The Balaban J connectivity index is 2.08. The highest BCUT2D eigenvalue weighted by molar-refractivity contribution is 5.99. The Hall–Kier alpha value is -2.47. The molecule has 2 aromatic heterocycles. The van der Waals surface area contributed by atoms with Crippen LogP contribution >= 0.6 is 0 Å². The maximum absolute atomic E-state index is 12.0. The van der Waals surface area contributed by atoms with Crippen LogP contribution in [-0.4, -0.2) is 15.9 Å². The number of aromatic nitrogens is 2. The molecule has 4 N–H and O–H groups in total. The quantitative estimate of drug-likeness (QED) is 0.561. The fraction of sp³-hybridized carbons (Fsp3) is 0.154. The molecule has 0 atom stereocenters. The van der Waals surface area contributed by atoms with Crippen LogP contribution in [0.3, 0.4) is 0 Å². The van der Waals surface area contributed by atoms with Crippen molar-refractivity contribution in [3.05, 3.63) is 53.6 Å². The van der Waals surface area contributed by atoms with Crippen molar-refractivity contribution in [2.75, 3.05) is 5.43 Å². The van der Waals surface area contributed by atoms with Crippen LogP contribution in [0.1, 0.15) is 21.6 Å². The van der Waals surface area contributed by atoms with E-state index in [0.717, 1.165) is 11.3 Å². The highest BCUT2D eigenvalue weighted by atomic mass is 16.1. The molecule has 0 aliphatic rings. The van der Waals surface area contributed by atoms with Crippen molar-refractivity contribution < 1.29 is 4.79 Å². The minimum atomic E-state index is -0.222. The van der Waals surface area contributed by atoms with E-state index < -0.39 is 0 Å². The molecule has 0 saturated heterocycles. The number of hydrazine groups is 1. The van der Waals surface area contributed by atoms with Crippen molar-refractivity contribution in [2.24, 2.45) is 5.84 Å². The lowest BCUT2D eigenvalue weighted by atomic mass is 10.2. The number of aryl methyl sites for hydroxylation is 1. The molecule has 2 heterocycles. The first-order valence-corrected chi connectivity index (χ1v) is 5.81. The summed E-state index contributed by atoms with van der Waals surface area (Å²) in [5.41, 5.74) is 5.26. The maximum Gasteiger partial charge on any atom is 0.253 e. The van der Waals surface area contributed by atoms with Gasteiger partial charge in [0.15, 0.2) is 0 Å². The van der Waals surface area contributed by atoms with E-state index in [2.05, 4.69) is 20.7 Å². The van der Waals surface area contributed by atoms with E-state index in [1.165, 1.54) is 6.20 Å². The van der Waals surface area contributed by atoms with Gasteiger partial charge in [0.05, 0.1) is 29.7 Å². The first-order chi connectivity index (χ1) is 9.22. The van der Waals surface area contributed by atoms with E-state index >= 15 is 0 Å². The third-order valence-corrected chi connectivity index (χ3v) is 2.76. The van der Waals surface area contributed by atoms with E-state index in [9.17, 15) is 4.79 Å². The molecule has 6 nitrogen and oxygen atoms in total. The molecule has 2 rings (SSSR count). The molecule has 0 saturated carbocycles. The number of hydrogen-bond acceptors (Lipinski definition) is 5. The highest BCUT2D eigenvalue weighted by Gasteiger charge is 2.10. The second-order valence-electron chi connectivity index (χ2n) is 4.02. The minimum absolute atomic E-state index is 0.222. The van der Waals surface area contributed by atoms with Gasteiger partial charge in [-0.25, -0.2) is 0 Å². The molecule has 0 spiro atoms. The summed E-state index contributed by atoms with van der Waals surface area (Å²) in [6.07, 6.45) is 4.75. The zero-order chi connectivity index (χ0) is 13.7. The van der Waals surface area contributed by atoms with Crippen molar-refractivity contribution in [3.63, 3.8) is 0 Å². The normalized spacial score (nSPS) is 10.0. The molecule has 0 aliphatic heterocycles. The summed E-state index contributed by atoms with van der Waals surface area (Å²) in [5.74, 6) is 5.12. The van der Waals surface area contributed by atoms with Gasteiger partial charge in [-0.3, -0.25) is 20.6 Å². The van der Waals surface area contributed by atoms with Gasteiger partial charge >= 0.3 is 0 Å². The summed E-state index contributed by atoms with van der Waals surface area (Å²) in [6.45, 7) is 2.33. The van der Waals surface area contributed by atoms with Crippen LogP contribution in [0, 0.1) is 6.92 Å². The molecule has 0 bridgehead atoms. The van der Waals surface area contributed by atoms with Crippen LogP contribution in [0.2, 0.25) is 0 Å². The second-order valence-corrected chi connectivity index (χ2v) is 4.02. The predicted molar refractivity (Wildman–Crippen MR) is 72.2 cm³/mol. The fourth-order valence-corrected chi connectivity index (χ4v) is 1.67. The molecule has 0 unspecified atom stereocenters. The Morgan fingerprint density at radius 1 is 1.37 bits per heavy atom. The van der Waals surface area contributed by atoms with Gasteiger partial charge in [-0.05, 0) is 24.6 Å². The van der Waals surface area contributed by atoms with E-state index in [0.29, 0.717) is 17.8 Å². The van der Waals surface area contributed by atoms with Crippen molar-refractivity contribution in [2.45, 2.75) is 13.5 Å². The Kier molecular flexibility index (Phi) is 4.04. The van der Waals surface area contributed by atoms with E-state index in [1.54, 1.807) is 18.5 Å². The molecule has 0 fully saturated rings. The average Bonchev–Trinajstić information content (AvgIpc) is 2.46. The number of pyridine rings is 2. The number of rotatable bonds is 4. The molecule has 0 aromatic carbocycles. The molecule has 98 valence electrons. The number of nitrogens with two attached hydrogens (primary N) is 1. The van der Waals surface area contributed by atoms with Gasteiger partial charge in [0, 0.05) is 12.4 Å². The van der Waals surface area contributed by atoms with Gasteiger partial charge in [-0.2, -0.15) is 0 Å². The van der Waals surface area contributed by atoms with Crippen LogP contribution in [0.4, 0.5) is 5.69 Å². The third kappa shape index (κ3) is 3.05. The maximum atomic E-state index is 12.0. The average molecular weight is 257 g/mol. The number of carbonyl (C=O) groups excluding carboxylic acids is 1. The van der Waals surface area contributed by atoms with E-state index in [-0.39, 0.29) is 5.91 Å². The molecule has 1 amide bonds. The lowest BCUT2D eigenvalue weighted by Crippen LogP contribution is -2.25. The molecule has 19 heavy (non-hydrogen) atoms. The van der Waals surface area contributed by atoms with Crippen LogP contribution < -0.4 is 16.6 Å². The van der Waals surface area contributed by atoms with Gasteiger partial charge in [0.2, 0.25) is 0 Å². The van der Waals surface area contributed by atoms with Crippen molar-refractivity contribution in [1.29, 1.82) is 0 Å². The number of nitrogens with zero attached hydrogens (tertiary/aromatic N) is 2. The smallest absolute Gasteiger partial charge is 0.253 e. The fourth-order valence-electron chi connectivity index (χ4n) is 1.67. The van der Waals surface area contributed by atoms with Crippen molar-refractivity contribution in [3.8, 4) is 0 Å². The van der Waals surface area contributed by atoms with Gasteiger partial charge in [0.25, 0.3) is 5.91 Å². The molecule has 0 radical (unpaired) electrons. The first kappa shape index (κ1) is 13.0. The number of hydrogen-bond donors (Lipinski definition) is 3. The minimum Gasteiger partial charge on any atom is -0.346 e. The number of amides is 1. The molecule has 2 aromatic rings. The van der Waals surface area contributed by atoms with Crippen LogP contribution in [0.25, 0.3) is 0 Å². The molecular weight excluding hydrogens is 242 g/mol. The summed E-state index contributed by atoms with van der Waals surface area (Å²) in [7, 11) is 0. The SMILES string of the molecule is Cc1cccnc1CNC(=O)c1ccncc1NN. The standard InChI is InChI=1S/C13H15N5O/c1-9-3-2-5-16-11(9)8-17-13(19)10-4-6-15-7-12(10)18-14/h2-7,18H,8,14H2,1H3,(H,17,19).